The molecule has 0 saturated carbocycles. The van der Waals surface area contributed by atoms with Crippen LogP contribution < -0.4 is 14.4 Å². The first kappa shape index (κ1) is 20.9. The molecular formula is C23H23N3O4S. The summed E-state index contributed by atoms with van der Waals surface area (Å²) in [6.45, 7) is 4.74. The Hall–Kier alpha value is -3.39. The number of carbonyl (C=O) groups is 1. The zero-order chi connectivity index (χ0) is 22.0. The van der Waals surface area contributed by atoms with Crippen LogP contribution in [-0.4, -0.2) is 32.5 Å². The molecule has 7 nitrogen and oxygen atoms in total. The molecule has 4 rings (SSSR count). The van der Waals surface area contributed by atoms with Crippen molar-refractivity contribution in [3.63, 3.8) is 0 Å². The highest BCUT2D eigenvalue weighted by molar-refractivity contribution is 7.92. The maximum absolute atomic E-state index is 12.9. The summed E-state index contributed by atoms with van der Waals surface area (Å²) in [5.74, 6) is 0.521. The van der Waals surface area contributed by atoms with E-state index in [1.807, 2.05) is 19.9 Å². The second-order valence-corrected chi connectivity index (χ2v) is 8.93. The number of pyridine rings is 1. The van der Waals surface area contributed by atoms with Crippen LogP contribution in [0.1, 0.15) is 28.4 Å². The topological polar surface area (TPSA) is 88.6 Å². The molecule has 0 atom stereocenters. The molecule has 1 aliphatic heterocycles. The Bertz CT molecular complexity index is 1230. The lowest BCUT2D eigenvalue weighted by Crippen LogP contribution is -2.28. The summed E-state index contributed by atoms with van der Waals surface area (Å²) < 4.78 is 34.0. The molecule has 1 amide bonds. The number of fused-ring (bicyclic) bond motifs is 1. The molecular weight excluding hydrogens is 414 g/mol. The summed E-state index contributed by atoms with van der Waals surface area (Å²) in [4.78, 5) is 18.7. The van der Waals surface area contributed by atoms with Crippen molar-refractivity contribution in [2.24, 2.45) is 0 Å². The molecule has 0 fully saturated rings. The van der Waals surface area contributed by atoms with Gasteiger partial charge in [0.15, 0.2) is 0 Å². The molecule has 1 N–H and O–H groups in total. The Morgan fingerprint density at radius 3 is 2.61 bits per heavy atom. The number of carbonyl (C=O) groups excluding carboxylic acids is 1. The van der Waals surface area contributed by atoms with E-state index in [1.54, 1.807) is 53.7 Å². The maximum atomic E-state index is 12.9. The number of nitrogens with zero attached hydrogens (tertiary/aromatic N) is 2. The molecule has 160 valence electrons. The standard InChI is InChI=1S/C23H23N3O4S/c1-3-30-22-7-6-20(14-16(22)2)31(28,29)25-19-5-4-17-10-13-26(21(17)15-19)23(27)18-8-11-24-12-9-18/h4-9,11-12,14-15,25H,3,10,13H2,1-2H3. The number of nitrogens with one attached hydrogen (secondary N) is 1. The van der Waals surface area contributed by atoms with Gasteiger partial charge in [0.05, 0.1) is 17.2 Å². The van der Waals surface area contributed by atoms with Crippen LogP contribution in [0.4, 0.5) is 11.4 Å². The fourth-order valence-corrected chi connectivity index (χ4v) is 4.76. The van der Waals surface area contributed by atoms with Gasteiger partial charge in [0.2, 0.25) is 0 Å². The molecule has 0 aliphatic carbocycles. The van der Waals surface area contributed by atoms with Gasteiger partial charge in [-0.3, -0.25) is 14.5 Å². The quantitative estimate of drug-likeness (QED) is 0.634. The fourth-order valence-electron chi connectivity index (χ4n) is 3.62. The van der Waals surface area contributed by atoms with Gasteiger partial charge >= 0.3 is 0 Å². The SMILES string of the molecule is CCOc1ccc(S(=O)(=O)Nc2ccc3c(c2)N(C(=O)c2ccncc2)CC3)cc1C. The van der Waals surface area contributed by atoms with Crippen LogP contribution >= 0.6 is 0 Å². The largest absolute Gasteiger partial charge is 0.494 e. The second-order valence-electron chi connectivity index (χ2n) is 7.25. The molecule has 0 saturated heterocycles. The Morgan fingerprint density at radius 1 is 1.13 bits per heavy atom. The molecule has 2 aromatic carbocycles. The van der Waals surface area contributed by atoms with E-state index in [9.17, 15) is 13.2 Å². The zero-order valence-electron chi connectivity index (χ0n) is 17.3. The van der Waals surface area contributed by atoms with Crippen molar-refractivity contribution >= 4 is 27.3 Å². The second kappa shape index (κ2) is 8.39. The highest BCUT2D eigenvalue weighted by atomic mass is 32.2. The van der Waals surface area contributed by atoms with Crippen molar-refractivity contribution in [2.45, 2.75) is 25.2 Å². The van der Waals surface area contributed by atoms with Gasteiger partial charge in [0.25, 0.3) is 15.9 Å². The van der Waals surface area contributed by atoms with Crippen LogP contribution in [0.15, 0.2) is 65.8 Å². The van der Waals surface area contributed by atoms with E-state index in [1.165, 1.54) is 6.07 Å². The van der Waals surface area contributed by atoms with Crippen molar-refractivity contribution in [1.29, 1.82) is 0 Å². The summed E-state index contributed by atoms with van der Waals surface area (Å²) in [5, 5.41) is 0. The molecule has 31 heavy (non-hydrogen) atoms. The van der Waals surface area contributed by atoms with E-state index in [2.05, 4.69) is 9.71 Å². The molecule has 0 spiro atoms. The minimum Gasteiger partial charge on any atom is -0.494 e. The fraction of sp³-hybridized carbons (Fsp3) is 0.217. The van der Waals surface area contributed by atoms with E-state index in [0.29, 0.717) is 35.8 Å². The average Bonchev–Trinajstić information content (AvgIpc) is 3.18. The molecule has 0 radical (unpaired) electrons. The Labute approximate surface area is 181 Å². The first-order valence-electron chi connectivity index (χ1n) is 10.00. The molecule has 2 heterocycles. The van der Waals surface area contributed by atoms with Gasteiger partial charge in [-0.15, -0.1) is 0 Å². The Morgan fingerprint density at radius 2 is 1.90 bits per heavy atom. The predicted octanol–water partition coefficient (Wildman–Crippen LogP) is 3.79. The first-order valence-corrected chi connectivity index (χ1v) is 11.5. The van der Waals surface area contributed by atoms with E-state index >= 15 is 0 Å². The third-order valence-electron chi connectivity index (χ3n) is 5.16. The number of aromatic nitrogens is 1. The summed E-state index contributed by atoms with van der Waals surface area (Å²) in [6.07, 6.45) is 3.87. The minimum atomic E-state index is -3.79. The Kier molecular flexibility index (Phi) is 5.65. The third-order valence-corrected chi connectivity index (χ3v) is 6.54. The van der Waals surface area contributed by atoms with E-state index in [-0.39, 0.29) is 10.8 Å². The number of amides is 1. The lowest BCUT2D eigenvalue weighted by Gasteiger charge is -2.18. The van der Waals surface area contributed by atoms with Gasteiger partial charge < -0.3 is 9.64 Å². The highest BCUT2D eigenvalue weighted by Gasteiger charge is 2.26. The molecule has 0 bridgehead atoms. The third kappa shape index (κ3) is 4.25. The number of rotatable bonds is 6. The van der Waals surface area contributed by atoms with Gasteiger partial charge in [0.1, 0.15) is 5.75 Å². The van der Waals surface area contributed by atoms with Crippen LogP contribution in [0.5, 0.6) is 5.75 Å². The molecule has 8 heteroatoms. The van der Waals surface area contributed by atoms with Crippen molar-refractivity contribution in [3.05, 3.63) is 77.6 Å². The summed E-state index contributed by atoms with van der Waals surface area (Å²) in [5.41, 5.74) is 3.40. The highest BCUT2D eigenvalue weighted by Crippen LogP contribution is 2.33. The summed E-state index contributed by atoms with van der Waals surface area (Å²) in [7, 11) is -3.79. The minimum absolute atomic E-state index is 0.136. The molecule has 3 aromatic rings. The van der Waals surface area contributed by atoms with Crippen LogP contribution in [0, 0.1) is 6.92 Å². The monoisotopic (exact) mass is 437 g/mol. The van der Waals surface area contributed by atoms with Crippen molar-refractivity contribution in [2.75, 3.05) is 22.8 Å². The van der Waals surface area contributed by atoms with Gasteiger partial charge in [-0.05, 0) is 73.9 Å². The van der Waals surface area contributed by atoms with Crippen molar-refractivity contribution < 1.29 is 17.9 Å². The van der Waals surface area contributed by atoms with Gasteiger partial charge in [-0.25, -0.2) is 8.42 Å². The first-order chi connectivity index (χ1) is 14.9. The number of hydrogen-bond donors (Lipinski definition) is 1. The van der Waals surface area contributed by atoms with Gasteiger partial charge in [-0.1, -0.05) is 6.07 Å². The van der Waals surface area contributed by atoms with Crippen molar-refractivity contribution in [1.82, 2.24) is 4.98 Å². The van der Waals surface area contributed by atoms with Crippen LogP contribution in [0.3, 0.4) is 0 Å². The Balaban J connectivity index is 1.59. The lowest BCUT2D eigenvalue weighted by molar-refractivity contribution is 0.0989. The maximum Gasteiger partial charge on any atom is 0.261 e. The van der Waals surface area contributed by atoms with Crippen LogP contribution in [0.25, 0.3) is 0 Å². The number of sulfonamides is 1. The van der Waals surface area contributed by atoms with Gasteiger partial charge in [0, 0.05) is 30.2 Å². The summed E-state index contributed by atoms with van der Waals surface area (Å²) >= 11 is 0. The van der Waals surface area contributed by atoms with E-state index < -0.39 is 10.0 Å². The number of aryl methyl sites for hydroxylation is 1. The number of anilines is 2. The van der Waals surface area contributed by atoms with E-state index in [4.69, 9.17) is 4.74 Å². The van der Waals surface area contributed by atoms with Gasteiger partial charge in [-0.2, -0.15) is 0 Å². The van der Waals surface area contributed by atoms with E-state index in [0.717, 1.165) is 17.5 Å². The molecule has 1 aromatic heterocycles. The smallest absolute Gasteiger partial charge is 0.261 e. The average molecular weight is 438 g/mol. The molecule has 1 aliphatic rings. The van der Waals surface area contributed by atoms with Crippen molar-refractivity contribution in [3.8, 4) is 5.75 Å². The number of hydrogen-bond acceptors (Lipinski definition) is 5. The number of benzene rings is 2. The summed E-state index contributed by atoms with van der Waals surface area (Å²) in [6, 6.07) is 13.4. The predicted molar refractivity (Wildman–Crippen MR) is 119 cm³/mol. The zero-order valence-corrected chi connectivity index (χ0v) is 18.1. The lowest BCUT2D eigenvalue weighted by atomic mass is 10.1. The normalized spacial score (nSPS) is 13.0. The molecule has 0 unspecified atom stereocenters. The number of ether oxygens (including phenoxy) is 1. The van der Waals surface area contributed by atoms with Crippen LogP contribution in [0.2, 0.25) is 0 Å². The van der Waals surface area contributed by atoms with Crippen LogP contribution in [-0.2, 0) is 16.4 Å².